The first-order valence-electron chi connectivity index (χ1n) is 9.13. The van der Waals surface area contributed by atoms with Gasteiger partial charge >= 0.3 is 0 Å². The first-order chi connectivity index (χ1) is 14.4. The van der Waals surface area contributed by atoms with Gasteiger partial charge in [0.15, 0.2) is 0 Å². The molecule has 6 nitrogen and oxygen atoms in total. The molecular weight excluding hydrogens is 428 g/mol. The van der Waals surface area contributed by atoms with Crippen LogP contribution in [-0.2, 0) is 17.6 Å². The van der Waals surface area contributed by atoms with Crippen LogP contribution in [-0.4, -0.2) is 22.2 Å². The molecule has 0 radical (unpaired) electrons. The van der Waals surface area contributed by atoms with Crippen molar-refractivity contribution >= 4 is 34.9 Å². The zero-order chi connectivity index (χ0) is 21.7. The Hall–Kier alpha value is -3.08. The number of nitrogens with one attached hydrogen (secondary N) is 1. The van der Waals surface area contributed by atoms with Crippen molar-refractivity contribution in [3.8, 4) is 11.8 Å². The number of nitrogen functional groups attached to an aromatic ring is 1. The lowest BCUT2D eigenvalue weighted by Crippen LogP contribution is -2.26. The van der Waals surface area contributed by atoms with Gasteiger partial charge in [0.2, 0.25) is 5.91 Å². The molecule has 0 atom stereocenters. The van der Waals surface area contributed by atoms with Gasteiger partial charge in [0.05, 0.1) is 17.8 Å². The van der Waals surface area contributed by atoms with Crippen LogP contribution in [0.3, 0.4) is 0 Å². The van der Waals surface area contributed by atoms with E-state index in [9.17, 15) is 14.4 Å². The summed E-state index contributed by atoms with van der Waals surface area (Å²) >= 11 is 11.9. The number of aromatic nitrogens is 2. The lowest BCUT2D eigenvalue weighted by molar-refractivity contribution is -0.120. The molecule has 2 aromatic carbocycles. The standard InChI is InChI=1S/C21H18Cl2FN5O/c22-14-4-3-13(18(23)11-14)10-20(30)27-9-1-2-19-17(12-25)21(26)29(28-19)16-7-5-15(24)6-8-16/h3-8,11H,1-2,9-10,26H2,(H,27,30). The summed E-state index contributed by atoms with van der Waals surface area (Å²) in [5, 5.41) is 17.6. The highest BCUT2D eigenvalue weighted by Crippen LogP contribution is 2.22. The van der Waals surface area contributed by atoms with Crippen molar-refractivity contribution in [3.05, 3.63) is 75.1 Å². The van der Waals surface area contributed by atoms with E-state index in [4.69, 9.17) is 28.9 Å². The van der Waals surface area contributed by atoms with Gasteiger partial charge in [-0.2, -0.15) is 10.4 Å². The van der Waals surface area contributed by atoms with Gasteiger partial charge in [0, 0.05) is 16.6 Å². The van der Waals surface area contributed by atoms with E-state index in [0.29, 0.717) is 46.4 Å². The Labute approximate surface area is 183 Å². The minimum Gasteiger partial charge on any atom is -0.382 e. The van der Waals surface area contributed by atoms with Crippen LogP contribution in [0.5, 0.6) is 0 Å². The molecule has 30 heavy (non-hydrogen) atoms. The third-order valence-corrected chi connectivity index (χ3v) is 5.04. The van der Waals surface area contributed by atoms with Crippen LogP contribution in [0, 0.1) is 17.1 Å². The molecule has 3 rings (SSSR count). The maximum atomic E-state index is 13.1. The summed E-state index contributed by atoms with van der Waals surface area (Å²) in [6.07, 6.45) is 1.16. The van der Waals surface area contributed by atoms with E-state index in [2.05, 4.69) is 16.5 Å². The molecule has 0 spiro atoms. The molecule has 1 amide bonds. The van der Waals surface area contributed by atoms with Crippen molar-refractivity contribution in [2.45, 2.75) is 19.3 Å². The van der Waals surface area contributed by atoms with Crippen molar-refractivity contribution in [1.29, 1.82) is 5.26 Å². The van der Waals surface area contributed by atoms with Crippen LogP contribution in [0.2, 0.25) is 10.0 Å². The smallest absolute Gasteiger partial charge is 0.224 e. The van der Waals surface area contributed by atoms with Crippen LogP contribution < -0.4 is 11.1 Å². The summed E-state index contributed by atoms with van der Waals surface area (Å²) in [6.45, 7) is 0.401. The molecular formula is C21H18Cl2FN5O. The van der Waals surface area contributed by atoms with Crippen LogP contribution in [0.1, 0.15) is 23.2 Å². The molecule has 0 aliphatic rings. The van der Waals surface area contributed by atoms with Gasteiger partial charge < -0.3 is 11.1 Å². The number of nitrogens with two attached hydrogens (primary N) is 1. The third-order valence-electron chi connectivity index (χ3n) is 4.46. The zero-order valence-electron chi connectivity index (χ0n) is 15.8. The van der Waals surface area contributed by atoms with Crippen LogP contribution in [0.15, 0.2) is 42.5 Å². The van der Waals surface area contributed by atoms with Gasteiger partial charge in [-0.15, -0.1) is 0 Å². The topological polar surface area (TPSA) is 96.7 Å². The molecule has 0 unspecified atom stereocenters. The molecule has 0 aliphatic heterocycles. The summed E-state index contributed by atoms with van der Waals surface area (Å²) < 4.78 is 14.6. The normalized spacial score (nSPS) is 10.6. The van der Waals surface area contributed by atoms with Gasteiger partial charge in [0.25, 0.3) is 0 Å². The number of nitriles is 1. The van der Waals surface area contributed by atoms with Gasteiger partial charge in [0.1, 0.15) is 23.3 Å². The number of rotatable bonds is 7. The predicted molar refractivity (Wildman–Crippen MR) is 114 cm³/mol. The fourth-order valence-corrected chi connectivity index (χ4v) is 3.41. The average molecular weight is 446 g/mol. The van der Waals surface area contributed by atoms with Crippen molar-refractivity contribution in [1.82, 2.24) is 15.1 Å². The van der Waals surface area contributed by atoms with Crippen LogP contribution in [0.25, 0.3) is 5.69 Å². The molecule has 9 heteroatoms. The molecule has 0 fully saturated rings. The summed E-state index contributed by atoms with van der Waals surface area (Å²) in [7, 11) is 0. The molecule has 1 heterocycles. The molecule has 0 bridgehead atoms. The highest BCUT2D eigenvalue weighted by molar-refractivity contribution is 6.35. The van der Waals surface area contributed by atoms with Crippen molar-refractivity contribution in [3.63, 3.8) is 0 Å². The highest BCUT2D eigenvalue weighted by atomic mass is 35.5. The Morgan fingerprint density at radius 2 is 1.97 bits per heavy atom. The van der Waals surface area contributed by atoms with E-state index in [1.807, 2.05) is 0 Å². The monoisotopic (exact) mass is 445 g/mol. The van der Waals surface area contributed by atoms with E-state index in [1.165, 1.54) is 28.9 Å². The van der Waals surface area contributed by atoms with Gasteiger partial charge in [-0.25, -0.2) is 9.07 Å². The zero-order valence-corrected chi connectivity index (χ0v) is 17.3. The fraction of sp³-hybridized carbons (Fsp3) is 0.190. The SMILES string of the molecule is N#Cc1c(CCCNC(=O)Cc2ccc(Cl)cc2Cl)nn(-c2ccc(F)cc2)c1N. The quantitative estimate of drug-likeness (QED) is 0.535. The largest absolute Gasteiger partial charge is 0.382 e. The summed E-state index contributed by atoms with van der Waals surface area (Å²) in [5.41, 5.74) is 8.09. The number of hydrogen-bond acceptors (Lipinski definition) is 4. The second kappa shape index (κ2) is 9.61. The van der Waals surface area contributed by atoms with Crippen LogP contribution >= 0.6 is 23.2 Å². The summed E-state index contributed by atoms with van der Waals surface area (Å²) in [6, 6.07) is 12.7. The first-order valence-corrected chi connectivity index (χ1v) is 9.88. The Morgan fingerprint density at radius 3 is 2.63 bits per heavy atom. The van der Waals surface area contributed by atoms with E-state index < -0.39 is 0 Å². The number of carbonyl (C=O) groups is 1. The molecule has 3 N–H and O–H groups in total. The fourth-order valence-electron chi connectivity index (χ4n) is 2.94. The molecule has 0 aliphatic carbocycles. The molecule has 3 aromatic rings. The van der Waals surface area contributed by atoms with Crippen molar-refractivity contribution in [2.75, 3.05) is 12.3 Å². The number of benzene rings is 2. The van der Waals surface area contributed by atoms with Crippen molar-refractivity contribution < 1.29 is 9.18 Å². The van der Waals surface area contributed by atoms with E-state index in [0.717, 1.165) is 0 Å². The summed E-state index contributed by atoms with van der Waals surface area (Å²) in [5.74, 6) is -0.350. The lowest BCUT2D eigenvalue weighted by atomic mass is 10.1. The van der Waals surface area contributed by atoms with E-state index in [-0.39, 0.29) is 29.5 Å². The Bertz CT molecular complexity index is 1110. The second-order valence-corrected chi connectivity index (χ2v) is 7.42. The molecule has 1 aromatic heterocycles. The maximum Gasteiger partial charge on any atom is 0.224 e. The number of amides is 1. The minimum atomic E-state index is -0.374. The van der Waals surface area contributed by atoms with Gasteiger partial charge in [-0.3, -0.25) is 4.79 Å². The third kappa shape index (κ3) is 5.09. The first kappa shape index (κ1) is 21.6. The highest BCUT2D eigenvalue weighted by Gasteiger charge is 2.16. The number of anilines is 1. The lowest BCUT2D eigenvalue weighted by Gasteiger charge is -2.06. The van der Waals surface area contributed by atoms with E-state index >= 15 is 0 Å². The number of hydrogen-bond donors (Lipinski definition) is 2. The minimum absolute atomic E-state index is 0.144. The molecule has 0 saturated heterocycles. The molecule has 0 saturated carbocycles. The predicted octanol–water partition coefficient (Wildman–Crippen LogP) is 4.06. The number of halogens is 3. The number of carbonyl (C=O) groups excluding carboxylic acids is 1. The maximum absolute atomic E-state index is 13.1. The van der Waals surface area contributed by atoms with Gasteiger partial charge in [-0.05, 0) is 54.8 Å². The number of aryl methyl sites for hydroxylation is 1. The Morgan fingerprint density at radius 1 is 1.23 bits per heavy atom. The Balaban J connectivity index is 1.58. The summed E-state index contributed by atoms with van der Waals surface area (Å²) in [4.78, 5) is 12.1. The second-order valence-electron chi connectivity index (χ2n) is 6.57. The van der Waals surface area contributed by atoms with Crippen LogP contribution in [0.4, 0.5) is 10.2 Å². The van der Waals surface area contributed by atoms with E-state index in [1.54, 1.807) is 18.2 Å². The molecule has 154 valence electrons. The van der Waals surface area contributed by atoms with Gasteiger partial charge in [-0.1, -0.05) is 29.3 Å². The Kier molecular flexibility index (Phi) is 6.93. The van der Waals surface area contributed by atoms with Crippen molar-refractivity contribution in [2.24, 2.45) is 0 Å². The average Bonchev–Trinajstić information content (AvgIpc) is 3.03. The number of nitrogens with zero attached hydrogens (tertiary/aromatic N) is 3.